The van der Waals surface area contributed by atoms with Crippen LogP contribution < -0.4 is 19.6 Å². The minimum Gasteiger partial charge on any atom is -0.496 e. The Kier molecular flexibility index (Phi) is 8.77. The lowest BCUT2D eigenvalue weighted by Crippen LogP contribution is -2.40. The van der Waals surface area contributed by atoms with E-state index in [4.69, 9.17) is 18.9 Å². The normalized spacial score (nSPS) is 15.1. The third-order valence-electron chi connectivity index (χ3n) is 6.41. The highest BCUT2D eigenvalue weighted by atomic mass is 127. The summed E-state index contributed by atoms with van der Waals surface area (Å²) in [5.74, 6) is 1.32. The van der Waals surface area contributed by atoms with Gasteiger partial charge in [-0.2, -0.15) is 0 Å². The summed E-state index contributed by atoms with van der Waals surface area (Å²) in [6.45, 7) is 3.99. The number of esters is 1. The van der Waals surface area contributed by atoms with Crippen LogP contribution >= 0.6 is 49.9 Å². The SMILES string of the molecule is CCCC1=C(C(=O)OCC)[C@H](c2cc(Br)ccc2OC)n2c(s/c(=C/c3ccc(-c4ccc(I)cc4)o3)c2=O)=N1. The maximum atomic E-state index is 14.0. The summed E-state index contributed by atoms with van der Waals surface area (Å²) in [5, 5.41) is 0. The molecule has 10 heteroatoms. The summed E-state index contributed by atoms with van der Waals surface area (Å²) >= 11 is 7.07. The molecule has 1 atom stereocenters. The number of carbonyl (C=O) groups is 1. The zero-order chi connectivity index (χ0) is 28.4. The van der Waals surface area contributed by atoms with Gasteiger partial charge in [0.1, 0.15) is 23.3 Å². The van der Waals surface area contributed by atoms with Crippen molar-refractivity contribution in [1.29, 1.82) is 0 Å². The third-order valence-corrected chi connectivity index (χ3v) is 8.60. The van der Waals surface area contributed by atoms with Gasteiger partial charge in [-0.3, -0.25) is 9.36 Å². The van der Waals surface area contributed by atoms with Crippen LogP contribution in [0.2, 0.25) is 0 Å². The van der Waals surface area contributed by atoms with E-state index in [0.29, 0.717) is 49.9 Å². The number of ether oxygens (including phenoxy) is 2. The lowest BCUT2D eigenvalue weighted by atomic mass is 9.93. The lowest BCUT2D eigenvalue weighted by Gasteiger charge is -2.27. The standard InChI is InChI=1S/C30H26BrIN2O5S/c1-4-6-22-26(29(36)38-5-2)27(21-15-18(31)9-13-24(21)37-3)34-28(35)25(40-30(34)33-22)16-20-12-14-23(39-20)17-7-10-19(32)11-8-17/h7-16,27H,4-6H2,1-3H3/b25-16+/t27-/m0/s1. The summed E-state index contributed by atoms with van der Waals surface area (Å²) in [5.41, 5.74) is 2.29. The molecule has 0 aliphatic carbocycles. The molecule has 5 rings (SSSR count). The van der Waals surface area contributed by atoms with Crippen molar-refractivity contribution >= 4 is 61.9 Å². The summed E-state index contributed by atoms with van der Waals surface area (Å²) in [6.07, 6.45) is 3.05. The minimum atomic E-state index is -0.773. The average Bonchev–Trinajstić information content (AvgIpc) is 3.53. The number of halogens is 2. The van der Waals surface area contributed by atoms with Crippen LogP contribution in [0.1, 0.15) is 44.1 Å². The molecule has 2 aromatic carbocycles. The number of hydrogen-bond donors (Lipinski definition) is 0. The molecule has 2 aromatic heterocycles. The Bertz CT molecular complexity index is 1790. The van der Waals surface area contributed by atoms with E-state index >= 15 is 0 Å². The van der Waals surface area contributed by atoms with Crippen LogP contribution in [0.15, 0.2) is 84.5 Å². The molecule has 0 fully saturated rings. The Balaban J connectivity index is 1.71. The van der Waals surface area contributed by atoms with Gasteiger partial charge in [0, 0.05) is 25.2 Å². The molecule has 4 aromatic rings. The second-order valence-corrected chi connectivity index (χ2v) is 12.2. The summed E-state index contributed by atoms with van der Waals surface area (Å²) in [4.78, 5) is 32.7. The monoisotopic (exact) mass is 732 g/mol. The third kappa shape index (κ3) is 5.61. The first-order valence-electron chi connectivity index (χ1n) is 12.8. The molecule has 0 radical (unpaired) electrons. The zero-order valence-corrected chi connectivity index (χ0v) is 26.6. The van der Waals surface area contributed by atoms with Crippen molar-refractivity contribution in [3.8, 4) is 17.1 Å². The van der Waals surface area contributed by atoms with Crippen molar-refractivity contribution in [2.24, 2.45) is 4.99 Å². The number of allylic oxidation sites excluding steroid dienone is 1. The van der Waals surface area contributed by atoms with Crippen molar-refractivity contribution in [2.45, 2.75) is 32.7 Å². The van der Waals surface area contributed by atoms with Crippen molar-refractivity contribution in [2.75, 3.05) is 13.7 Å². The maximum absolute atomic E-state index is 14.0. The van der Waals surface area contributed by atoms with E-state index in [1.807, 2.05) is 61.5 Å². The molecule has 0 bridgehead atoms. The molecule has 40 heavy (non-hydrogen) atoms. The Labute approximate surface area is 257 Å². The summed E-state index contributed by atoms with van der Waals surface area (Å²) in [6, 6.07) is 16.5. The number of benzene rings is 2. The Morgan fingerprint density at radius 2 is 1.95 bits per heavy atom. The van der Waals surface area contributed by atoms with Crippen LogP contribution in [0.4, 0.5) is 0 Å². The lowest BCUT2D eigenvalue weighted by molar-refractivity contribution is -0.139. The maximum Gasteiger partial charge on any atom is 0.338 e. The molecule has 1 aliphatic heterocycles. The average molecular weight is 733 g/mol. The zero-order valence-electron chi connectivity index (χ0n) is 22.1. The topological polar surface area (TPSA) is 83.0 Å². The van der Waals surface area contributed by atoms with Gasteiger partial charge in [0.15, 0.2) is 4.80 Å². The van der Waals surface area contributed by atoms with Crippen molar-refractivity contribution in [3.63, 3.8) is 0 Å². The molecule has 0 saturated heterocycles. The van der Waals surface area contributed by atoms with Gasteiger partial charge in [0.25, 0.3) is 5.56 Å². The molecule has 206 valence electrons. The largest absolute Gasteiger partial charge is 0.496 e. The number of furan rings is 1. The van der Waals surface area contributed by atoms with Gasteiger partial charge in [0.2, 0.25) is 0 Å². The highest BCUT2D eigenvalue weighted by molar-refractivity contribution is 14.1. The first kappa shape index (κ1) is 28.6. The Morgan fingerprint density at radius 3 is 2.65 bits per heavy atom. The molecule has 0 unspecified atom stereocenters. The summed E-state index contributed by atoms with van der Waals surface area (Å²) < 4.78 is 21.2. The van der Waals surface area contributed by atoms with Crippen LogP contribution in [0.25, 0.3) is 17.4 Å². The van der Waals surface area contributed by atoms with Crippen LogP contribution in [-0.4, -0.2) is 24.3 Å². The molecule has 0 amide bonds. The van der Waals surface area contributed by atoms with Gasteiger partial charge in [-0.05, 0) is 78.4 Å². The molecule has 3 heterocycles. The van der Waals surface area contributed by atoms with E-state index in [1.54, 1.807) is 24.7 Å². The van der Waals surface area contributed by atoms with Crippen molar-refractivity contribution in [1.82, 2.24) is 4.57 Å². The number of carbonyl (C=O) groups excluding carboxylic acids is 1. The predicted molar refractivity (Wildman–Crippen MR) is 167 cm³/mol. The van der Waals surface area contributed by atoms with E-state index in [0.717, 1.165) is 20.0 Å². The Hall–Kier alpha value is -2.96. The Morgan fingerprint density at radius 1 is 1.18 bits per heavy atom. The number of aromatic nitrogens is 1. The van der Waals surface area contributed by atoms with Gasteiger partial charge >= 0.3 is 5.97 Å². The second-order valence-electron chi connectivity index (χ2n) is 9.01. The molecule has 1 aliphatic rings. The molecule has 0 N–H and O–H groups in total. The first-order valence-corrected chi connectivity index (χ1v) is 15.4. The van der Waals surface area contributed by atoms with E-state index in [-0.39, 0.29) is 12.2 Å². The number of fused-ring (bicyclic) bond motifs is 1. The van der Waals surface area contributed by atoms with Gasteiger partial charge in [-0.1, -0.05) is 52.7 Å². The van der Waals surface area contributed by atoms with Crippen LogP contribution in [0.5, 0.6) is 5.75 Å². The smallest absolute Gasteiger partial charge is 0.338 e. The highest BCUT2D eigenvalue weighted by Crippen LogP contribution is 2.38. The van der Waals surface area contributed by atoms with E-state index in [9.17, 15) is 9.59 Å². The number of hydrogen-bond acceptors (Lipinski definition) is 7. The van der Waals surface area contributed by atoms with Gasteiger partial charge in [-0.15, -0.1) is 0 Å². The van der Waals surface area contributed by atoms with Gasteiger partial charge in [0.05, 0.1) is 29.5 Å². The van der Waals surface area contributed by atoms with Crippen LogP contribution in [0.3, 0.4) is 0 Å². The quantitative estimate of drug-likeness (QED) is 0.159. The fourth-order valence-electron chi connectivity index (χ4n) is 4.66. The summed E-state index contributed by atoms with van der Waals surface area (Å²) in [7, 11) is 1.57. The minimum absolute atomic E-state index is 0.204. The van der Waals surface area contributed by atoms with Gasteiger partial charge in [-0.25, -0.2) is 9.79 Å². The number of rotatable bonds is 8. The fourth-order valence-corrected chi connectivity index (χ4v) is 6.40. The molecular weight excluding hydrogens is 707 g/mol. The van der Waals surface area contributed by atoms with E-state index < -0.39 is 12.0 Å². The predicted octanol–water partition coefficient (Wildman–Crippen LogP) is 6.21. The second kappa shape index (κ2) is 12.3. The fraction of sp³-hybridized carbons (Fsp3) is 0.233. The van der Waals surface area contributed by atoms with Crippen LogP contribution in [0, 0.1) is 3.57 Å². The van der Waals surface area contributed by atoms with Crippen LogP contribution in [-0.2, 0) is 9.53 Å². The first-order chi connectivity index (χ1) is 19.3. The van der Waals surface area contributed by atoms with E-state index in [2.05, 4.69) is 38.5 Å². The molecule has 0 spiro atoms. The van der Waals surface area contributed by atoms with Gasteiger partial charge < -0.3 is 13.9 Å². The van der Waals surface area contributed by atoms with Crippen molar-refractivity contribution < 1.29 is 18.7 Å². The highest BCUT2D eigenvalue weighted by Gasteiger charge is 2.36. The number of methoxy groups -OCH3 is 1. The van der Waals surface area contributed by atoms with E-state index in [1.165, 1.54) is 11.3 Å². The van der Waals surface area contributed by atoms with Crippen molar-refractivity contribution in [3.05, 3.63) is 105 Å². The number of nitrogens with zero attached hydrogens (tertiary/aromatic N) is 2. The molecule has 0 saturated carbocycles. The molecular formula is C30H26BrIN2O5S. The molecule has 7 nitrogen and oxygen atoms in total. The number of thiazole rings is 1.